The number of nitrogens with zero attached hydrogens (tertiary/aromatic N) is 2. The van der Waals surface area contributed by atoms with E-state index in [0.717, 1.165) is 5.56 Å². The first kappa shape index (κ1) is 9.45. The number of aromatic nitrogens is 2. The first-order valence-corrected chi connectivity index (χ1v) is 4.63. The lowest BCUT2D eigenvalue weighted by Gasteiger charge is -2.04. The van der Waals surface area contributed by atoms with Crippen LogP contribution in [0, 0.1) is 0 Å². The van der Waals surface area contributed by atoms with Gasteiger partial charge in [-0.05, 0) is 23.8 Å². The predicted octanol–water partition coefficient (Wildman–Crippen LogP) is 1.79. The van der Waals surface area contributed by atoms with Gasteiger partial charge in [-0.15, -0.1) is 0 Å². The lowest BCUT2D eigenvalue weighted by Crippen LogP contribution is -2.02. The topological polar surface area (TPSA) is 58.0 Å². The fourth-order valence-corrected chi connectivity index (χ4v) is 1.24. The largest absolute Gasteiger partial charge is 0.508 e. The summed E-state index contributed by atoms with van der Waals surface area (Å²) in [6.45, 7) is 0.596. The van der Waals surface area contributed by atoms with E-state index < -0.39 is 0 Å². The van der Waals surface area contributed by atoms with Crippen LogP contribution in [0.25, 0.3) is 0 Å². The van der Waals surface area contributed by atoms with Crippen LogP contribution in [-0.2, 0) is 6.54 Å². The van der Waals surface area contributed by atoms with Crippen LogP contribution in [0.15, 0.2) is 42.7 Å². The molecule has 0 aliphatic heterocycles. The molecule has 0 fully saturated rings. The summed E-state index contributed by atoms with van der Waals surface area (Å²) in [4.78, 5) is 8.06. The summed E-state index contributed by atoms with van der Waals surface area (Å²) in [5, 5.41) is 12.3. The number of aromatic hydroxyl groups is 1. The van der Waals surface area contributed by atoms with Gasteiger partial charge >= 0.3 is 0 Å². The third-order valence-corrected chi connectivity index (χ3v) is 1.93. The maximum atomic E-state index is 9.25. The van der Waals surface area contributed by atoms with Gasteiger partial charge in [-0.2, -0.15) is 0 Å². The van der Waals surface area contributed by atoms with Crippen molar-refractivity contribution in [2.24, 2.45) is 0 Å². The summed E-state index contributed by atoms with van der Waals surface area (Å²) in [7, 11) is 0. The number of hydrogen-bond donors (Lipinski definition) is 2. The average molecular weight is 201 g/mol. The van der Waals surface area contributed by atoms with Gasteiger partial charge in [0.25, 0.3) is 0 Å². The molecule has 0 amide bonds. The molecule has 0 aliphatic carbocycles. The molecule has 1 heterocycles. The third kappa shape index (κ3) is 2.67. The number of benzene rings is 1. The molecule has 0 aliphatic rings. The van der Waals surface area contributed by atoms with Crippen LogP contribution >= 0.6 is 0 Å². The van der Waals surface area contributed by atoms with E-state index in [0.29, 0.717) is 12.5 Å². The molecule has 0 saturated heterocycles. The van der Waals surface area contributed by atoms with Gasteiger partial charge < -0.3 is 10.4 Å². The highest BCUT2D eigenvalue weighted by atomic mass is 16.3. The van der Waals surface area contributed by atoms with E-state index in [1.54, 1.807) is 36.7 Å². The fourth-order valence-electron chi connectivity index (χ4n) is 1.24. The van der Waals surface area contributed by atoms with E-state index in [4.69, 9.17) is 0 Å². The fraction of sp³-hybridized carbons (Fsp3) is 0.0909. The smallest absolute Gasteiger partial charge is 0.222 e. The number of rotatable bonds is 3. The van der Waals surface area contributed by atoms with Gasteiger partial charge in [-0.1, -0.05) is 12.1 Å². The number of nitrogens with one attached hydrogen (secondary N) is 1. The second-order valence-corrected chi connectivity index (χ2v) is 3.10. The lowest BCUT2D eigenvalue weighted by molar-refractivity contribution is 0.474. The molecule has 0 bridgehead atoms. The molecule has 15 heavy (non-hydrogen) atoms. The summed E-state index contributed by atoms with van der Waals surface area (Å²) in [6, 6.07) is 8.84. The summed E-state index contributed by atoms with van der Waals surface area (Å²) in [5.74, 6) is 0.851. The van der Waals surface area contributed by atoms with Crippen LogP contribution in [-0.4, -0.2) is 15.1 Å². The molecule has 0 spiro atoms. The van der Waals surface area contributed by atoms with E-state index in [-0.39, 0.29) is 5.75 Å². The van der Waals surface area contributed by atoms with Gasteiger partial charge in [-0.3, -0.25) is 0 Å². The number of anilines is 1. The monoisotopic (exact) mass is 201 g/mol. The van der Waals surface area contributed by atoms with Crippen molar-refractivity contribution in [2.75, 3.05) is 5.32 Å². The van der Waals surface area contributed by atoms with Crippen LogP contribution < -0.4 is 5.32 Å². The highest BCUT2D eigenvalue weighted by Crippen LogP contribution is 2.11. The van der Waals surface area contributed by atoms with Crippen LogP contribution in [0.3, 0.4) is 0 Å². The zero-order valence-corrected chi connectivity index (χ0v) is 8.09. The highest BCUT2D eigenvalue weighted by Gasteiger charge is 1.96. The molecule has 0 radical (unpaired) electrons. The van der Waals surface area contributed by atoms with Crippen molar-refractivity contribution >= 4 is 5.95 Å². The Hall–Kier alpha value is -2.10. The Morgan fingerprint density at radius 3 is 2.67 bits per heavy atom. The second kappa shape index (κ2) is 4.41. The van der Waals surface area contributed by atoms with E-state index in [9.17, 15) is 5.11 Å². The molecule has 0 saturated carbocycles. The van der Waals surface area contributed by atoms with Crippen molar-refractivity contribution in [3.05, 3.63) is 48.3 Å². The first-order valence-electron chi connectivity index (χ1n) is 4.63. The summed E-state index contributed by atoms with van der Waals surface area (Å²) >= 11 is 0. The zero-order valence-electron chi connectivity index (χ0n) is 8.09. The molecular formula is C11H11N3O. The van der Waals surface area contributed by atoms with Crippen molar-refractivity contribution in [3.63, 3.8) is 0 Å². The molecule has 2 aromatic rings. The summed E-state index contributed by atoms with van der Waals surface area (Å²) in [5.41, 5.74) is 0.988. The van der Waals surface area contributed by atoms with E-state index in [2.05, 4.69) is 15.3 Å². The van der Waals surface area contributed by atoms with Crippen LogP contribution in [0.4, 0.5) is 5.95 Å². The standard InChI is InChI=1S/C11H11N3O/c15-10-4-1-3-9(7-10)8-14-11-12-5-2-6-13-11/h1-7,15H,8H2,(H,12,13,14). The first-order chi connectivity index (χ1) is 7.34. The number of phenols is 1. The molecule has 0 atom stereocenters. The normalized spacial score (nSPS) is 9.87. The summed E-state index contributed by atoms with van der Waals surface area (Å²) in [6.07, 6.45) is 3.36. The molecule has 1 aromatic carbocycles. The Labute approximate surface area is 87.6 Å². The van der Waals surface area contributed by atoms with Gasteiger partial charge in [0.05, 0.1) is 0 Å². The van der Waals surface area contributed by atoms with Gasteiger partial charge in [0.1, 0.15) is 5.75 Å². The number of hydrogen-bond acceptors (Lipinski definition) is 4. The van der Waals surface area contributed by atoms with E-state index in [1.165, 1.54) is 0 Å². The van der Waals surface area contributed by atoms with Crippen molar-refractivity contribution in [3.8, 4) is 5.75 Å². The van der Waals surface area contributed by atoms with Crippen molar-refractivity contribution in [1.29, 1.82) is 0 Å². The Bertz CT molecular complexity index is 431. The van der Waals surface area contributed by atoms with Gasteiger partial charge in [0.2, 0.25) is 5.95 Å². The van der Waals surface area contributed by atoms with Gasteiger partial charge in [-0.25, -0.2) is 9.97 Å². The molecule has 4 heteroatoms. The zero-order chi connectivity index (χ0) is 10.5. The van der Waals surface area contributed by atoms with Crippen molar-refractivity contribution < 1.29 is 5.11 Å². The van der Waals surface area contributed by atoms with Crippen LogP contribution in [0.2, 0.25) is 0 Å². The van der Waals surface area contributed by atoms with Gasteiger partial charge in [0, 0.05) is 18.9 Å². The third-order valence-electron chi connectivity index (χ3n) is 1.93. The van der Waals surface area contributed by atoms with Crippen LogP contribution in [0.1, 0.15) is 5.56 Å². The molecule has 76 valence electrons. The van der Waals surface area contributed by atoms with E-state index >= 15 is 0 Å². The number of phenolic OH excluding ortho intramolecular Hbond substituents is 1. The Morgan fingerprint density at radius 1 is 1.13 bits per heavy atom. The predicted molar refractivity (Wildman–Crippen MR) is 57.5 cm³/mol. The highest BCUT2D eigenvalue weighted by molar-refractivity contribution is 5.31. The molecular weight excluding hydrogens is 190 g/mol. The Balaban J connectivity index is 1.99. The maximum Gasteiger partial charge on any atom is 0.222 e. The van der Waals surface area contributed by atoms with Crippen LogP contribution in [0.5, 0.6) is 5.75 Å². The average Bonchev–Trinajstić information content (AvgIpc) is 2.28. The SMILES string of the molecule is Oc1cccc(CNc2ncccn2)c1. The minimum atomic E-state index is 0.267. The van der Waals surface area contributed by atoms with Crippen molar-refractivity contribution in [2.45, 2.75) is 6.54 Å². The minimum Gasteiger partial charge on any atom is -0.508 e. The molecule has 1 aromatic heterocycles. The molecule has 2 N–H and O–H groups in total. The van der Waals surface area contributed by atoms with Gasteiger partial charge in [0.15, 0.2) is 0 Å². The van der Waals surface area contributed by atoms with Crippen molar-refractivity contribution in [1.82, 2.24) is 9.97 Å². The quantitative estimate of drug-likeness (QED) is 0.794. The summed E-state index contributed by atoms with van der Waals surface area (Å²) < 4.78 is 0. The lowest BCUT2D eigenvalue weighted by atomic mass is 10.2. The molecule has 4 nitrogen and oxygen atoms in total. The Kier molecular flexibility index (Phi) is 2.78. The Morgan fingerprint density at radius 2 is 1.93 bits per heavy atom. The molecule has 2 rings (SSSR count). The maximum absolute atomic E-state index is 9.25. The van der Waals surface area contributed by atoms with E-state index in [1.807, 2.05) is 6.07 Å². The molecule has 0 unspecified atom stereocenters. The second-order valence-electron chi connectivity index (χ2n) is 3.10. The minimum absolute atomic E-state index is 0.267.